The molecule has 1 atom stereocenters. The lowest BCUT2D eigenvalue weighted by Gasteiger charge is -2.12. The smallest absolute Gasteiger partial charge is 0.248 e. The van der Waals surface area contributed by atoms with Crippen LogP contribution in [0.25, 0.3) is 11.3 Å². The number of nitrogens with one attached hydrogen (secondary N) is 1. The van der Waals surface area contributed by atoms with Gasteiger partial charge in [-0.25, -0.2) is 4.98 Å². The number of anilines is 1. The largest absolute Gasteiger partial charge is 0.324 e. The molecule has 0 spiro atoms. The summed E-state index contributed by atoms with van der Waals surface area (Å²) >= 11 is 1.33. The topological polar surface area (TPSA) is 65.8 Å². The second-order valence-electron chi connectivity index (χ2n) is 6.24. The number of amides is 1. The van der Waals surface area contributed by atoms with Crippen molar-refractivity contribution in [1.82, 2.24) is 4.98 Å². The van der Waals surface area contributed by atoms with E-state index in [1.807, 2.05) is 68.6 Å². The molecule has 130 valence electrons. The minimum absolute atomic E-state index is 0.356. The Labute approximate surface area is 157 Å². The summed E-state index contributed by atoms with van der Waals surface area (Å²) in [6.07, 6.45) is 0. The quantitative estimate of drug-likeness (QED) is 0.712. The maximum absolute atomic E-state index is 12.6. The van der Waals surface area contributed by atoms with Gasteiger partial charge in [-0.05, 0) is 38.0 Å². The van der Waals surface area contributed by atoms with Gasteiger partial charge in [-0.2, -0.15) is 5.26 Å². The zero-order valence-corrected chi connectivity index (χ0v) is 15.7. The van der Waals surface area contributed by atoms with E-state index in [9.17, 15) is 10.1 Å². The summed E-state index contributed by atoms with van der Waals surface area (Å²) in [6.45, 7) is 5.96. The number of hydrogen-bond acceptors (Lipinski definition) is 4. The molecule has 0 saturated carbocycles. The molecule has 2 aromatic carbocycles. The zero-order valence-electron chi connectivity index (χ0n) is 14.9. The third-order valence-electron chi connectivity index (χ3n) is 4.37. The standard InChI is InChI=1S/C21H19N3OS/c1-13-7-9-16(10-8-13)19-12-26-21(24-19)17(11-22)20(25)23-18-6-4-5-14(2)15(18)3/h4-10,12,17H,1-3H3,(H,23,25). The fraction of sp³-hybridized carbons (Fsp3) is 0.190. The first-order chi connectivity index (χ1) is 12.5. The van der Waals surface area contributed by atoms with E-state index >= 15 is 0 Å². The molecule has 1 unspecified atom stereocenters. The van der Waals surface area contributed by atoms with Crippen molar-refractivity contribution in [3.63, 3.8) is 0 Å². The van der Waals surface area contributed by atoms with Crippen LogP contribution in [-0.4, -0.2) is 10.9 Å². The number of aromatic nitrogens is 1. The first-order valence-electron chi connectivity index (χ1n) is 8.28. The van der Waals surface area contributed by atoms with Gasteiger partial charge in [0.1, 0.15) is 5.01 Å². The first kappa shape index (κ1) is 17.8. The van der Waals surface area contributed by atoms with Gasteiger partial charge in [0.2, 0.25) is 5.91 Å². The second kappa shape index (κ2) is 7.51. The molecule has 0 aliphatic heterocycles. The van der Waals surface area contributed by atoms with Crippen LogP contribution >= 0.6 is 11.3 Å². The van der Waals surface area contributed by atoms with Gasteiger partial charge in [0.05, 0.1) is 11.8 Å². The van der Waals surface area contributed by atoms with Gasteiger partial charge < -0.3 is 5.32 Å². The lowest BCUT2D eigenvalue weighted by Crippen LogP contribution is -2.20. The summed E-state index contributed by atoms with van der Waals surface area (Å²) in [7, 11) is 0. The zero-order chi connectivity index (χ0) is 18.7. The molecule has 4 nitrogen and oxygen atoms in total. The average molecular weight is 361 g/mol. The van der Waals surface area contributed by atoms with Crippen molar-refractivity contribution < 1.29 is 4.79 Å². The molecule has 0 radical (unpaired) electrons. The number of thiazole rings is 1. The lowest BCUT2D eigenvalue weighted by atomic mass is 10.1. The molecule has 3 rings (SSSR count). The molecule has 0 aliphatic carbocycles. The van der Waals surface area contributed by atoms with E-state index in [1.54, 1.807) is 0 Å². The van der Waals surface area contributed by atoms with E-state index in [1.165, 1.54) is 16.9 Å². The average Bonchev–Trinajstić information content (AvgIpc) is 3.10. The molecule has 26 heavy (non-hydrogen) atoms. The van der Waals surface area contributed by atoms with Crippen LogP contribution < -0.4 is 5.32 Å². The van der Waals surface area contributed by atoms with E-state index in [2.05, 4.69) is 16.4 Å². The van der Waals surface area contributed by atoms with E-state index < -0.39 is 5.92 Å². The highest BCUT2D eigenvalue weighted by molar-refractivity contribution is 7.10. The number of hydrogen-bond donors (Lipinski definition) is 1. The fourth-order valence-corrected chi connectivity index (χ4v) is 3.46. The number of nitriles is 1. The number of benzene rings is 2. The molecule has 0 bridgehead atoms. The van der Waals surface area contributed by atoms with Crippen LogP contribution in [0.5, 0.6) is 0 Å². The highest BCUT2D eigenvalue weighted by atomic mass is 32.1. The molecular weight excluding hydrogens is 342 g/mol. The summed E-state index contributed by atoms with van der Waals surface area (Å²) in [5.41, 5.74) is 5.75. The maximum Gasteiger partial charge on any atom is 0.248 e. The van der Waals surface area contributed by atoms with Crippen LogP contribution in [-0.2, 0) is 4.79 Å². The van der Waals surface area contributed by atoms with Crippen molar-refractivity contribution in [3.8, 4) is 17.3 Å². The summed E-state index contributed by atoms with van der Waals surface area (Å²) in [4.78, 5) is 17.2. The van der Waals surface area contributed by atoms with E-state index in [0.717, 1.165) is 28.1 Å². The Morgan fingerprint density at radius 2 is 1.88 bits per heavy atom. The summed E-state index contributed by atoms with van der Waals surface area (Å²) < 4.78 is 0. The lowest BCUT2D eigenvalue weighted by molar-refractivity contribution is -0.116. The summed E-state index contributed by atoms with van der Waals surface area (Å²) in [5.74, 6) is -1.29. The molecule has 0 fully saturated rings. The molecule has 1 heterocycles. The molecular formula is C21H19N3OS. The van der Waals surface area contributed by atoms with Crippen molar-refractivity contribution in [1.29, 1.82) is 5.26 Å². The predicted molar refractivity (Wildman–Crippen MR) is 105 cm³/mol. The van der Waals surface area contributed by atoms with E-state index in [0.29, 0.717) is 5.01 Å². The van der Waals surface area contributed by atoms with E-state index in [4.69, 9.17) is 0 Å². The number of carbonyl (C=O) groups excluding carboxylic acids is 1. The third kappa shape index (κ3) is 3.66. The van der Waals surface area contributed by atoms with Crippen LogP contribution in [0.3, 0.4) is 0 Å². The van der Waals surface area contributed by atoms with Gasteiger partial charge in [0.15, 0.2) is 5.92 Å². The Hall–Kier alpha value is -2.97. The molecule has 0 aliphatic rings. The van der Waals surface area contributed by atoms with Crippen molar-refractivity contribution in [2.45, 2.75) is 26.7 Å². The SMILES string of the molecule is Cc1ccc(-c2csc(C(C#N)C(=O)Nc3cccc(C)c3C)n2)cc1. The van der Waals surface area contributed by atoms with Gasteiger partial charge in [0, 0.05) is 16.6 Å². The fourth-order valence-electron chi connectivity index (χ4n) is 2.59. The van der Waals surface area contributed by atoms with Crippen LogP contribution in [0.2, 0.25) is 0 Å². The van der Waals surface area contributed by atoms with Gasteiger partial charge in [0.25, 0.3) is 0 Å². The number of aryl methyl sites for hydroxylation is 2. The van der Waals surface area contributed by atoms with Crippen LogP contribution in [0.15, 0.2) is 47.8 Å². The van der Waals surface area contributed by atoms with Crippen molar-refractivity contribution >= 4 is 22.9 Å². The molecule has 5 heteroatoms. The Kier molecular flexibility index (Phi) is 5.15. The van der Waals surface area contributed by atoms with Gasteiger partial charge in [-0.15, -0.1) is 11.3 Å². The second-order valence-corrected chi connectivity index (χ2v) is 7.13. The molecule has 3 aromatic rings. The normalized spacial score (nSPS) is 11.6. The Morgan fingerprint density at radius 1 is 1.15 bits per heavy atom. The predicted octanol–water partition coefficient (Wildman–Crippen LogP) is 4.98. The van der Waals surface area contributed by atoms with Gasteiger partial charge in [-0.1, -0.05) is 42.0 Å². The highest BCUT2D eigenvalue weighted by Crippen LogP contribution is 2.28. The van der Waals surface area contributed by atoms with Crippen LogP contribution in [0.1, 0.15) is 27.6 Å². The molecule has 1 N–H and O–H groups in total. The van der Waals surface area contributed by atoms with Gasteiger partial charge >= 0.3 is 0 Å². The minimum Gasteiger partial charge on any atom is -0.324 e. The number of nitrogens with zero attached hydrogens (tertiary/aromatic N) is 2. The van der Waals surface area contributed by atoms with Crippen molar-refractivity contribution in [2.24, 2.45) is 0 Å². The monoisotopic (exact) mass is 361 g/mol. The molecule has 0 saturated heterocycles. The minimum atomic E-state index is -0.931. The summed E-state index contributed by atoms with van der Waals surface area (Å²) in [5, 5.41) is 14.8. The molecule has 1 amide bonds. The van der Waals surface area contributed by atoms with Crippen LogP contribution in [0.4, 0.5) is 5.69 Å². The number of rotatable bonds is 4. The maximum atomic E-state index is 12.6. The first-order valence-corrected chi connectivity index (χ1v) is 9.16. The van der Waals surface area contributed by atoms with E-state index in [-0.39, 0.29) is 5.91 Å². The highest BCUT2D eigenvalue weighted by Gasteiger charge is 2.24. The molecule has 1 aromatic heterocycles. The van der Waals surface area contributed by atoms with Gasteiger partial charge in [-0.3, -0.25) is 4.79 Å². The summed E-state index contributed by atoms with van der Waals surface area (Å²) in [6, 6.07) is 15.8. The third-order valence-corrected chi connectivity index (χ3v) is 5.28. The Morgan fingerprint density at radius 3 is 2.58 bits per heavy atom. The Bertz CT molecular complexity index is 983. The van der Waals surface area contributed by atoms with Crippen LogP contribution in [0, 0.1) is 32.1 Å². The number of carbonyl (C=O) groups is 1. The Balaban J connectivity index is 1.83. The van der Waals surface area contributed by atoms with Crippen molar-refractivity contribution in [3.05, 3.63) is 69.5 Å². The van der Waals surface area contributed by atoms with Crippen molar-refractivity contribution in [2.75, 3.05) is 5.32 Å².